The van der Waals surface area contributed by atoms with Crippen LogP contribution in [0.2, 0.25) is 0 Å². The zero-order valence-corrected chi connectivity index (χ0v) is 15.6. The third-order valence-electron chi connectivity index (χ3n) is 4.31. The van der Waals surface area contributed by atoms with Gasteiger partial charge in [0.25, 0.3) is 0 Å². The summed E-state index contributed by atoms with van der Waals surface area (Å²) in [6, 6.07) is 16.0. The normalized spacial score (nSPS) is 12.7. The molecule has 132 valence electrons. The number of nitrogens with one attached hydrogen (secondary N) is 1. The van der Waals surface area contributed by atoms with Gasteiger partial charge >= 0.3 is 0 Å². The second-order valence-corrected chi connectivity index (χ2v) is 7.53. The summed E-state index contributed by atoms with van der Waals surface area (Å²) < 4.78 is 2.06. The molecule has 0 spiro atoms. The number of rotatable bonds is 5. The zero-order valence-electron chi connectivity index (χ0n) is 14.8. The van der Waals surface area contributed by atoms with Crippen molar-refractivity contribution >= 4 is 45.3 Å². The average molecular weight is 364 g/mol. The van der Waals surface area contributed by atoms with Crippen LogP contribution in [0.15, 0.2) is 53.7 Å². The van der Waals surface area contributed by atoms with Gasteiger partial charge in [-0.05, 0) is 37.6 Å². The van der Waals surface area contributed by atoms with Crippen molar-refractivity contribution < 1.29 is 4.79 Å². The van der Waals surface area contributed by atoms with E-state index in [2.05, 4.69) is 9.72 Å². The van der Waals surface area contributed by atoms with Crippen LogP contribution in [0.4, 0.5) is 0 Å². The second-order valence-electron chi connectivity index (χ2n) is 6.22. The van der Waals surface area contributed by atoms with Gasteiger partial charge in [-0.2, -0.15) is 0 Å². The molecule has 0 radical (unpaired) electrons. The molecule has 6 heteroatoms. The summed E-state index contributed by atoms with van der Waals surface area (Å²) in [6.45, 7) is 4.65. The third-order valence-corrected chi connectivity index (χ3v) is 5.37. The van der Waals surface area contributed by atoms with E-state index in [4.69, 9.17) is 9.97 Å². The molecule has 0 fully saturated rings. The van der Waals surface area contributed by atoms with Crippen molar-refractivity contribution in [2.45, 2.75) is 30.7 Å². The first-order valence-corrected chi connectivity index (χ1v) is 9.67. The Kier molecular flexibility index (Phi) is 4.51. The zero-order chi connectivity index (χ0) is 18.1. The van der Waals surface area contributed by atoms with Crippen LogP contribution in [0.25, 0.3) is 27.6 Å². The van der Waals surface area contributed by atoms with E-state index in [0.29, 0.717) is 6.54 Å². The molecular weight excluding hydrogens is 344 g/mol. The van der Waals surface area contributed by atoms with Crippen LogP contribution in [-0.2, 0) is 4.79 Å². The van der Waals surface area contributed by atoms with Gasteiger partial charge in [0.15, 0.2) is 5.16 Å². The molecule has 1 atom stereocenters. The number of nitrogens with zero attached hydrogens (tertiary/aromatic N) is 3. The Bertz CT molecular complexity index is 1110. The van der Waals surface area contributed by atoms with Crippen LogP contribution in [0.5, 0.6) is 0 Å². The molecule has 0 aliphatic heterocycles. The van der Waals surface area contributed by atoms with Crippen LogP contribution in [0, 0.1) is 0 Å². The second kappa shape index (κ2) is 6.96. The maximum absolute atomic E-state index is 12.3. The van der Waals surface area contributed by atoms with E-state index in [1.807, 2.05) is 62.4 Å². The molecule has 2 aromatic heterocycles. The summed E-state index contributed by atoms with van der Waals surface area (Å²) in [7, 11) is 0. The highest BCUT2D eigenvalue weighted by Gasteiger charge is 2.19. The number of hydrogen-bond acceptors (Lipinski definition) is 4. The molecule has 0 saturated carbocycles. The molecule has 1 N–H and O–H groups in total. The molecule has 2 aromatic carbocycles. The standard InChI is InChI=1S/C20H20N4OS/c1-3-12-21-19(25)13(2)26-20-23-15-9-5-4-8-14(15)18-22-16-10-6-7-11-17(16)24(18)20/h4-11,13H,3,12H2,1-2H3,(H,21,25). The Morgan fingerprint density at radius 3 is 2.65 bits per heavy atom. The van der Waals surface area contributed by atoms with Crippen LogP contribution >= 0.6 is 11.8 Å². The predicted octanol–water partition coefficient (Wildman–Crippen LogP) is 4.04. The molecule has 26 heavy (non-hydrogen) atoms. The first-order chi connectivity index (χ1) is 12.7. The van der Waals surface area contributed by atoms with Gasteiger partial charge in [0, 0.05) is 11.9 Å². The van der Waals surface area contributed by atoms with E-state index in [-0.39, 0.29) is 11.2 Å². The average Bonchev–Trinajstić information content (AvgIpc) is 3.06. The fourth-order valence-corrected chi connectivity index (χ4v) is 3.94. The summed E-state index contributed by atoms with van der Waals surface area (Å²) in [5, 5.41) is 4.51. The molecule has 0 bridgehead atoms. The number of para-hydroxylation sites is 3. The van der Waals surface area contributed by atoms with Crippen molar-refractivity contribution in [3.63, 3.8) is 0 Å². The SMILES string of the molecule is CCCNC(=O)C(C)Sc1nc2ccccc2c2nc3ccccc3n12. The van der Waals surface area contributed by atoms with Gasteiger partial charge in [-0.15, -0.1) is 0 Å². The summed E-state index contributed by atoms with van der Waals surface area (Å²) in [6.07, 6.45) is 0.924. The van der Waals surface area contributed by atoms with E-state index in [1.54, 1.807) is 0 Å². The molecule has 2 heterocycles. The van der Waals surface area contributed by atoms with Gasteiger partial charge in [0.1, 0.15) is 5.65 Å². The first-order valence-electron chi connectivity index (χ1n) is 8.79. The Morgan fingerprint density at radius 2 is 1.85 bits per heavy atom. The lowest BCUT2D eigenvalue weighted by atomic mass is 10.2. The summed E-state index contributed by atoms with van der Waals surface area (Å²) >= 11 is 1.47. The van der Waals surface area contributed by atoms with Gasteiger partial charge in [-0.25, -0.2) is 9.97 Å². The van der Waals surface area contributed by atoms with Crippen molar-refractivity contribution in [2.75, 3.05) is 6.54 Å². The molecule has 0 saturated heterocycles. The van der Waals surface area contributed by atoms with E-state index in [1.165, 1.54) is 11.8 Å². The highest BCUT2D eigenvalue weighted by molar-refractivity contribution is 8.00. The Morgan fingerprint density at radius 1 is 1.12 bits per heavy atom. The van der Waals surface area contributed by atoms with Crippen molar-refractivity contribution in [1.82, 2.24) is 19.7 Å². The molecule has 4 rings (SSSR count). The number of carbonyl (C=O) groups excluding carboxylic acids is 1. The Balaban J connectivity index is 1.88. The fourth-order valence-electron chi connectivity index (χ4n) is 3.00. The number of aromatic nitrogens is 3. The lowest BCUT2D eigenvalue weighted by Crippen LogP contribution is -2.31. The minimum atomic E-state index is -0.237. The number of thioether (sulfide) groups is 1. The van der Waals surface area contributed by atoms with Crippen LogP contribution in [0.3, 0.4) is 0 Å². The van der Waals surface area contributed by atoms with Crippen LogP contribution in [-0.4, -0.2) is 32.1 Å². The van der Waals surface area contributed by atoms with Crippen molar-refractivity contribution in [1.29, 1.82) is 0 Å². The van der Waals surface area contributed by atoms with Gasteiger partial charge < -0.3 is 5.32 Å². The number of carbonyl (C=O) groups is 1. The van der Waals surface area contributed by atoms with E-state index in [0.717, 1.165) is 39.2 Å². The van der Waals surface area contributed by atoms with Gasteiger partial charge in [-0.1, -0.05) is 43.0 Å². The summed E-state index contributed by atoms with van der Waals surface area (Å²) in [5.74, 6) is 0.0318. The molecular formula is C20H20N4OS. The lowest BCUT2D eigenvalue weighted by Gasteiger charge is -2.13. The summed E-state index contributed by atoms with van der Waals surface area (Å²) in [4.78, 5) is 22.0. The van der Waals surface area contributed by atoms with Crippen molar-refractivity contribution in [3.05, 3.63) is 48.5 Å². The quantitative estimate of drug-likeness (QED) is 0.429. The predicted molar refractivity (Wildman–Crippen MR) is 107 cm³/mol. The minimum Gasteiger partial charge on any atom is -0.355 e. The monoisotopic (exact) mass is 364 g/mol. The molecule has 5 nitrogen and oxygen atoms in total. The molecule has 1 unspecified atom stereocenters. The highest BCUT2D eigenvalue weighted by Crippen LogP contribution is 2.30. The largest absolute Gasteiger partial charge is 0.355 e. The maximum Gasteiger partial charge on any atom is 0.233 e. The smallest absolute Gasteiger partial charge is 0.233 e. The molecule has 0 aliphatic rings. The molecule has 0 aliphatic carbocycles. The number of hydrogen-bond donors (Lipinski definition) is 1. The van der Waals surface area contributed by atoms with Crippen LogP contribution in [0.1, 0.15) is 20.3 Å². The van der Waals surface area contributed by atoms with Crippen molar-refractivity contribution in [3.8, 4) is 0 Å². The van der Waals surface area contributed by atoms with Gasteiger partial charge in [0.2, 0.25) is 5.91 Å². The van der Waals surface area contributed by atoms with Gasteiger partial charge in [0.05, 0.1) is 21.8 Å². The lowest BCUT2D eigenvalue weighted by molar-refractivity contribution is -0.120. The molecule has 4 aromatic rings. The number of imidazole rings is 1. The summed E-state index contributed by atoms with van der Waals surface area (Å²) in [5.41, 5.74) is 3.69. The Labute approximate surface area is 155 Å². The topological polar surface area (TPSA) is 59.3 Å². The van der Waals surface area contributed by atoms with E-state index < -0.39 is 0 Å². The van der Waals surface area contributed by atoms with E-state index in [9.17, 15) is 4.79 Å². The Hall–Kier alpha value is -2.60. The number of amides is 1. The minimum absolute atomic E-state index is 0.0318. The first kappa shape index (κ1) is 16.8. The number of fused-ring (bicyclic) bond motifs is 5. The number of benzene rings is 2. The third kappa shape index (κ3) is 2.90. The molecule has 1 amide bonds. The van der Waals surface area contributed by atoms with Crippen molar-refractivity contribution in [2.24, 2.45) is 0 Å². The fraction of sp³-hybridized carbons (Fsp3) is 0.250. The van der Waals surface area contributed by atoms with E-state index >= 15 is 0 Å². The van der Waals surface area contributed by atoms with Gasteiger partial charge in [-0.3, -0.25) is 9.20 Å². The maximum atomic E-state index is 12.3. The van der Waals surface area contributed by atoms with Crippen LogP contribution < -0.4 is 5.32 Å². The highest BCUT2D eigenvalue weighted by atomic mass is 32.2.